The van der Waals surface area contributed by atoms with Crippen LogP contribution in [0.1, 0.15) is 23.7 Å². The zero-order valence-electron chi connectivity index (χ0n) is 17.2. The van der Waals surface area contributed by atoms with Crippen LogP contribution >= 0.6 is 0 Å². The monoisotopic (exact) mass is 405 g/mol. The van der Waals surface area contributed by atoms with Gasteiger partial charge in [-0.1, -0.05) is 0 Å². The summed E-state index contributed by atoms with van der Waals surface area (Å²) in [6, 6.07) is 6.00. The lowest BCUT2D eigenvalue weighted by atomic mass is 10.1. The Bertz CT molecular complexity index is 1240. The first-order valence-electron chi connectivity index (χ1n) is 9.91. The van der Waals surface area contributed by atoms with Crippen LogP contribution in [0.2, 0.25) is 0 Å². The number of aryl methyl sites for hydroxylation is 2. The van der Waals surface area contributed by atoms with Crippen molar-refractivity contribution in [3.63, 3.8) is 0 Å². The summed E-state index contributed by atoms with van der Waals surface area (Å²) in [4.78, 5) is 9.07. The van der Waals surface area contributed by atoms with Crippen LogP contribution in [0.15, 0.2) is 36.8 Å². The van der Waals surface area contributed by atoms with Crippen LogP contribution < -0.4 is 4.74 Å². The maximum absolute atomic E-state index is 11.0. The number of hydrogen-bond acceptors (Lipinski definition) is 6. The van der Waals surface area contributed by atoms with Gasteiger partial charge in [0.05, 0.1) is 48.2 Å². The number of fused-ring (bicyclic) bond motifs is 1. The fourth-order valence-corrected chi connectivity index (χ4v) is 4.07. The SMILES string of the molecule is COc1cncc(-c2cc(C)c3c(O)n(-c4ccn(C5CCOC5)n4)c(C)c3n2)c1. The van der Waals surface area contributed by atoms with Gasteiger partial charge in [0, 0.05) is 30.6 Å². The molecule has 0 aliphatic carbocycles. The fourth-order valence-electron chi connectivity index (χ4n) is 4.07. The van der Waals surface area contributed by atoms with Crippen LogP contribution in [0.25, 0.3) is 28.0 Å². The Morgan fingerprint density at radius 2 is 2.10 bits per heavy atom. The van der Waals surface area contributed by atoms with Crippen molar-refractivity contribution in [1.29, 1.82) is 0 Å². The van der Waals surface area contributed by atoms with E-state index in [1.165, 1.54) is 0 Å². The average Bonchev–Trinajstić information content (AvgIpc) is 3.49. The Kier molecular flexibility index (Phi) is 4.43. The lowest BCUT2D eigenvalue weighted by Gasteiger charge is -2.08. The average molecular weight is 405 g/mol. The van der Waals surface area contributed by atoms with Gasteiger partial charge in [-0.3, -0.25) is 14.2 Å². The van der Waals surface area contributed by atoms with Crippen LogP contribution in [0.3, 0.4) is 0 Å². The van der Waals surface area contributed by atoms with Crippen molar-refractivity contribution in [2.45, 2.75) is 26.3 Å². The van der Waals surface area contributed by atoms with Crippen molar-refractivity contribution in [2.24, 2.45) is 0 Å². The van der Waals surface area contributed by atoms with Crippen molar-refractivity contribution >= 4 is 10.9 Å². The van der Waals surface area contributed by atoms with E-state index in [1.807, 2.05) is 42.9 Å². The molecule has 1 fully saturated rings. The van der Waals surface area contributed by atoms with Gasteiger partial charge < -0.3 is 14.6 Å². The molecule has 4 aromatic heterocycles. The van der Waals surface area contributed by atoms with Crippen LogP contribution in [-0.4, -0.2) is 49.7 Å². The first-order valence-corrected chi connectivity index (χ1v) is 9.91. The number of rotatable bonds is 4. The van der Waals surface area contributed by atoms with Crippen LogP contribution in [0, 0.1) is 13.8 Å². The van der Waals surface area contributed by atoms with Crippen molar-refractivity contribution in [3.05, 3.63) is 48.0 Å². The Morgan fingerprint density at radius 1 is 1.23 bits per heavy atom. The van der Waals surface area contributed by atoms with Crippen molar-refractivity contribution < 1.29 is 14.6 Å². The maximum Gasteiger partial charge on any atom is 0.207 e. The Hall–Kier alpha value is -3.39. The van der Waals surface area contributed by atoms with E-state index in [0.717, 1.165) is 46.4 Å². The molecule has 1 N–H and O–H groups in total. The molecule has 0 aromatic carbocycles. The van der Waals surface area contributed by atoms with Gasteiger partial charge >= 0.3 is 0 Å². The first-order chi connectivity index (χ1) is 14.6. The minimum absolute atomic E-state index is 0.149. The fraction of sp³-hybridized carbons (Fsp3) is 0.318. The molecule has 5 rings (SSSR count). The molecule has 154 valence electrons. The third-order valence-electron chi connectivity index (χ3n) is 5.68. The highest BCUT2D eigenvalue weighted by Crippen LogP contribution is 2.37. The first kappa shape index (κ1) is 18.6. The predicted molar refractivity (Wildman–Crippen MR) is 112 cm³/mol. The number of aromatic hydroxyl groups is 1. The molecule has 1 aliphatic rings. The van der Waals surface area contributed by atoms with Gasteiger partial charge in [0.2, 0.25) is 5.88 Å². The van der Waals surface area contributed by atoms with Crippen molar-refractivity contribution in [1.82, 2.24) is 24.3 Å². The summed E-state index contributed by atoms with van der Waals surface area (Å²) in [6.45, 7) is 5.33. The normalized spacial score (nSPS) is 16.4. The second-order valence-electron chi connectivity index (χ2n) is 7.58. The van der Waals surface area contributed by atoms with E-state index in [-0.39, 0.29) is 11.9 Å². The molecule has 1 saturated heterocycles. The minimum atomic E-state index is 0.149. The predicted octanol–water partition coefficient (Wildman–Crippen LogP) is 3.58. The highest BCUT2D eigenvalue weighted by molar-refractivity contribution is 5.93. The van der Waals surface area contributed by atoms with Crippen LogP contribution in [0.5, 0.6) is 11.6 Å². The molecule has 8 heteroatoms. The van der Waals surface area contributed by atoms with Gasteiger partial charge in [-0.05, 0) is 38.0 Å². The van der Waals surface area contributed by atoms with Crippen LogP contribution in [0.4, 0.5) is 0 Å². The van der Waals surface area contributed by atoms with Gasteiger partial charge in [0.25, 0.3) is 0 Å². The molecule has 0 amide bonds. The summed E-state index contributed by atoms with van der Waals surface area (Å²) in [5.41, 5.74) is 4.14. The van der Waals surface area contributed by atoms with E-state index in [4.69, 9.17) is 19.6 Å². The van der Waals surface area contributed by atoms with Gasteiger partial charge in [-0.15, -0.1) is 0 Å². The van der Waals surface area contributed by atoms with Gasteiger partial charge in [0.15, 0.2) is 5.82 Å². The maximum atomic E-state index is 11.0. The molecular weight excluding hydrogens is 382 g/mol. The molecule has 5 heterocycles. The smallest absolute Gasteiger partial charge is 0.207 e. The quantitative estimate of drug-likeness (QED) is 0.558. The molecule has 0 bridgehead atoms. The number of methoxy groups -OCH3 is 1. The Balaban J connectivity index is 1.63. The van der Waals surface area contributed by atoms with Gasteiger partial charge in [-0.2, -0.15) is 5.10 Å². The second kappa shape index (κ2) is 7.14. The van der Waals surface area contributed by atoms with Gasteiger partial charge in [0.1, 0.15) is 5.75 Å². The zero-order chi connectivity index (χ0) is 20.8. The van der Waals surface area contributed by atoms with Crippen LogP contribution in [-0.2, 0) is 4.74 Å². The number of nitrogens with zero attached hydrogens (tertiary/aromatic N) is 5. The number of ether oxygens (including phenoxy) is 2. The third-order valence-corrected chi connectivity index (χ3v) is 5.68. The van der Waals surface area contributed by atoms with E-state index >= 15 is 0 Å². The van der Waals surface area contributed by atoms with E-state index in [9.17, 15) is 5.11 Å². The van der Waals surface area contributed by atoms with Crippen molar-refractivity contribution in [3.8, 4) is 28.7 Å². The van der Waals surface area contributed by atoms with Crippen molar-refractivity contribution in [2.75, 3.05) is 20.3 Å². The summed E-state index contributed by atoms with van der Waals surface area (Å²) in [5.74, 6) is 1.49. The molecule has 0 saturated carbocycles. The lowest BCUT2D eigenvalue weighted by molar-refractivity contribution is 0.184. The Morgan fingerprint density at radius 3 is 2.87 bits per heavy atom. The Labute approximate surface area is 173 Å². The molecule has 30 heavy (non-hydrogen) atoms. The zero-order valence-corrected chi connectivity index (χ0v) is 17.2. The highest BCUT2D eigenvalue weighted by Gasteiger charge is 2.23. The largest absolute Gasteiger partial charge is 0.495 e. The highest BCUT2D eigenvalue weighted by atomic mass is 16.5. The summed E-state index contributed by atoms with van der Waals surface area (Å²) < 4.78 is 14.4. The molecule has 4 aromatic rings. The van der Waals surface area contributed by atoms with E-state index in [1.54, 1.807) is 24.1 Å². The van der Waals surface area contributed by atoms with E-state index < -0.39 is 0 Å². The van der Waals surface area contributed by atoms with E-state index in [2.05, 4.69) is 4.98 Å². The second-order valence-corrected chi connectivity index (χ2v) is 7.58. The standard InChI is InChI=1S/C22H23N5O3/c1-13-8-18(15-9-17(29-3)11-23-10-15)24-21-14(2)27(22(28)20(13)21)19-4-6-26(25-19)16-5-7-30-12-16/h4,6,8-11,16,28H,5,7,12H2,1-3H3. The summed E-state index contributed by atoms with van der Waals surface area (Å²) in [5, 5.41) is 16.5. The lowest BCUT2D eigenvalue weighted by Crippen LogP contribution is -2.10. The number of pyridine rings is 2. The molecule has 1 atom stereocenters. The molecule has 1 unspecified atom stereocenters. The summed E-state index contributed by atoms with van der Waals surface area (Å²) in [6.07, 6.45) is 6.30. The molecule has 1 aliphatic heterocycles. The molecule has 0 spiro atoms. The molecule has 0 radical (unpaired) electrons. The molecular formula is C22H23N5O3. The topological polar surface area (TPSA) is 87.2 Å². The number of hydrogen-bond donors (Lipinski definition) is 1. The summed E-state index contributed by atoms with van der Waals surface area (Å²) in [7, 11) is 1.61. The third kappa shape index (κ3) is 2.91. The minimum Gasteiger partial charge on any atom is -0.495 e. The van der Waals surface area contributed by atoms with E-state index in [0.29, 0.717) is 18.2 Å². The van der Waals surface area contributed by atoms with Gasteiger partial charge in [-0.25, -0.2) is 4.98 Å². The number of aromatic nitrogens is 5. The summed E-state index contributed by atoms with van der Waals surface area (Å²) >= 11 is 0. The molecule has 8 nitrogen and oxygen atoms in total.